The molecular formula is C21H30ClN3O4. The molecule has 3 aliphatic rings. The predicted octanol–water partition coefficient (Wildman–Crippen LogP) is 1.84. The quantitative estimate of drug-likeness (QED) is 0.625. The van der Waals surface area contributed by atoms with E-state index in [0.717, 1.165) is 44.5 Å². The van der Waals surface area contributed by atoms with Gasteiger partial charge in [-0.2, -0.15) is 0 Å². The van der Waals surface area contributed by atoms with Crippen LogP contribution in [0.15, 0.2) is 6.07 Å². The van der Waals surface area contributed by atoms with Crippen LogP contribution < -0.4 is 15.8 Å². The average molecular weight is 424 g/mol. The Kier molecular flexibility index (Phi) is 6.49. The second-order valence-electron chi connectivity index (χ2n) is 8.30. The minimum absolute atomic E-state index is 0.0284. The molecule has 3 atom stereocenters. The van der Waals surface area contributed by atoms with Crippen LogP contribution in [-0.4, -0.2) is 67.5 Å². The van der Waals surface area contributed by atoms with Gasteiger partial charge in [0.2, 0.25) is 0 Å². The van der Waals surface area contributed by atoms with E-state index in [1.807, 2.05) is 0 Å². The van der Waals surface area contributed by atoms with Crippen LogP contribution in [0.25, 0.3) is 0 Å². The molecule has 2 fully saturated rings. The molecule has 2 saturated heterocycles. The van der Waals surface area contributed by atoms with Crippen LogP contribution in [-0.2, 0) is 11.2 Å². The Morgan fingerprint density at radius 1 is 1.34 bits per heavy atom. The van der Waals surface area contributed by atoms with Crippen LogP contribution >= 0.6 is 11.6 Å². The van der Waals surface area contributed by atoms with Crippen molar-refractivity contribution >= 4 is 23.2 Å². The molecule has 0 bridgehead atoms. The van der Waals surface area contributed by atoms with E-state index in [-0.39, 0.29) is 17.9 Å². The lowest BCUT2D eigenvalue weighted by Gasteiger charge is -2.38. The number of nitrogens with zero attached hydrogens (tertiary/aromatic N) is 1. The number of nitrogens with two attached hydrogens (primary N) is 1. The zero-order valence-corrected chi connectivity index (χ0v) is 17.4. The van der Waals surface area contributed by atoms with Crippen molar-refractivity contribution in [3.8, 4) is 5.75 Å². The summed E-state index contributed by atoms with van der Waals surface area (Å²) in [4.78, 5) is 15.0. The van der Waals surface area contributed by atoms with E-state index < -0.39 is 6.10 Å². The van der Waals surface area contributed by atoms with Crippen molar-refractivity contribution < 1.29 is 19.4 Å². The van der Waals surface area contributed by atoms with Crippen LogP contribution in [0.3, 0.4) is 0 Å². The highest BCUT2D eigenvalue weighted by Gasteiger charge is 2.31. The standard InChI is InChI=1S/C21H30ClN3O4/c22-17-9-16(20-15(19(17)23)5-8-29-20)21(27)24-10-13-4-6-25(12-18(13)26)11-14-3-1-2-7-28-14/h9,13-14,18,26H,1-8,10-12,23H2,(H,24,27). The van der Waals surface area contributed by atoms with Crippen molar-refractivity contribution in [3.63, 3.8) is 0 Å². The van der Waals surface area contributed by atoms with Gasteiger partial charge in [0.1, 0.15) is 5.75 Å². The topological polar surface area (TPSA) is 97.1 Å². The fourth-order valence-corrected chi connectivity index (χ4v) is 4.77. The minimum atomic E-state index is -0.468. The Labute approximate surface area is 176 Å². The molecule has 3 unspecified atom stereocenters. The number of benzene rings is 1. The second-order valence-corrected chi connectivity index (χ2v) is 8.71. The number of rotatable bonds is 5. The Hall–Kier alpha value is -1.54. The minimum Gasteiger partial charge on any atom is -0.492 e. The van der Waals surface area contributed by atoms with Gasteiger partial charge in [0.15, 0.2) is 0 Å². The maximum atomic E-state index is 12.7. The van der Waals surface area contributed by atoms with Gasteiger partial charge in [0, 0.05) is 44.1 Å². The molecule has 3 heterocycles. The first-order valence-corrected chi connectivity index (χ1v) is 10.9. The number of amides is 1. The fourth-order valence-electron chi connectivity index (χ4n) is 4.54. The van der Waals surface area contributed by atoms with Crippen LogP contribution in [0.1, 0.15) is 41.6 Å². The summed E-state index contributed by atoms with van der Waals surface area (Å²) < 4.78 is 11.4. The molecule has 7 nitrogen and oxygen atoms in total. The highest BCUT2D eigenvalue weighted by Crippen LogP contribution is 2.38. The molecule has 0 radical (unpaired) electrons. The summed E-state index contributed by atoms with van der Waals surface area (Å²) in [5, 5.41) is 13.9. The summed E-state index contributed by atoms with van der Waals surface area (Å²) in [6.45, 7) is 4.17. The van der Waals surface area contributed by atoms with Crippen molar-refractivity contribution in [2.45, 2.75) is 44.3 Å². The third kappa shape index (κ3) is 4.63. The summed E-state index contributed by atoms with van der Waals surface area (Å²) in [5.74, 6) is 0.322. The number of hydrogen-bond donors (Lipinski definition) is 3. The van der Waals surface area contributed by atoms with Gasteiger partial charge in [-0.15, -0.1) is 0 Å². The molecule has 4 N–H and O–H groups in total. The van der Waals surface area contributed by atoms with E-state index in [2.05, 4.69) is 10.2 Å². The van der Waals surface area contributed by atoms with Gasteiger partial charge in [-0.25, -0.2) is 0 Å². The highest BCUT2D eigenvalue weighted by molar-refractivity contribution is 6.33. The Bertz CT molecular complexity index is 754. The van der Waals surface area contributed by atoms with Crippen molar-refractivity contribution in [2.75, 3.05) is 45.1 Å². The zero-order valence-electron chi connectivity index (χ0n) is 16.7. The maximum Gasteiger partial charge on any atom is 0.255 e. The van der Waals surface area contributed by atoms with E-state index in [4.69, 9.17) is 26.8 Å². The molecule has 1 aromatic rings. The van der Waals surface area contributed by atoms with Gasteiger partial charge in [0.25, 0.3) is 5.91 Å². The second kappa shape index (κ2) is 9.08. The molecule has 0 aliphatic carbocycles. The third-order valence-electron chi connectivity index (χ3n) is 6.28. The number of aliphatic hydroxyl groups excluding tert-OH is 1. The monoisotopic (exact) mass is 423 g/mol. The number of ether oxygens (including phenoxy) is 2. The van der Waals surface area contributed by atoms with Crippen molar-refractivity contribution in [3.05, 3.63) is 22.2 Å². The molecule has 0 aromatic heterocycles. The third-order valence-corrected chi connectivity index (χ3v) is 6.59. The van der Waals surface area contributed by atoms with Crippen molar-refractivity contribution in [1.29, 1.82) is 0 Å². The summed E-state index contributed by atoms with van der Waals surface area (Å²) in [6, 6.07) is 1.57. The molecule has 160 valence electrons. The number of anilines is 1. The Morgan fingerprint density at radius 3 is 2.97 bits per heavy atom. The smallest absolute Gasteiger partial charge is 0.255 e. The van der Waals surface area contributed by atoms with E-state index in [1.54, 1.807) is 6.07 Å². The SMILES string of the molecule is Nc1c(Cl)cc(C(=O)NCC2CCN(CC3CCCCO3)CC2O)c2c1CCO2. The van der Waals surface area contributed by atoms with Crippen LogP contribution in [0.5, 0.6) is 5.75 Å². The van der Waals surface area contributed by atoms with Crippen molar-refractivity contribution in [2.24, 2.45) is 5.92 Å². The average Bonchev–Trinajstić information content (AvgIpc) is 3.21. The van der Waals surface area contributed by atoms with Crippen LogP contribution in [0.2, 0.25) is 5.02 Å². The Balaban J connectivity index is 1.30. The number of carbonyl (C=O) groups is 1. The summed E-state index contributed by atoms with van der Waals surface area (Å²) >= 11 is 6.19. The number of aliphatic hydroxyl groups is 1. The van der Waals surface area contributed by atoms with Crippen LogP contribution in [0, 0.1) is 5.92 Å². The summed E-state index contributed by atoms with van der Waals surface area (Å²) in [6.07, 6.45) is 4.78. The fraction of sp³-hybridized carbons (Fsp3) is 0.667. The lowest BCUT2D eigenvalue weighted by molar-refractivity contribution is -0.0341. The molecule has 4 rings (SSSR count). The number of nitrogens with one attached hydrogen (secondary N) is 1. The van der Waals surface area contributed by atoms with Gasteiger partial charge in [-0.1, -0.05) is 11.6 Å². The number of halogens is 1. The largest absolute Gasteiger partial charge is 0.492 e. The maximum absolute atomic E-state index is 12.7. The molecule has 0 spiro atoms. The van der Waals surface area contributed by atoms with Gasteiger partial charge in [-0.3, -0.25) is 9.69 Å². The molecule has 3 aliphatic heterocycles. The molecule has 0 saturated carbocycles. The molecule has 1 aromatic carbocycles. The first-order chi connectivity index (χ1) is 14.0. The first-order valence-electron chi connectivity index (χ1n) is 10.6. The number of likely N-dealkylation sites (tertiary alicyclic amines) is 1. The van der Waals surface area contributed by atoms with Gasteiger partial charge < -0.3 is 25.6 Å². The summed E-state index contributed by atoms with van der Waals surface area (Å²) in [5.41, 5.74) is 7.71. The number of hydrogen-bond acceptors (Lipinski definition) is 6. The lowest BCUT2D eigenvalue weighted by Crippen LogP contribution is -2.50. The van der Waals surface area contributed by atoms with Gasteiger partial charge in [-0.05, 0) is 38.3 Å². The number of fused-ring (bicyclic) bond motifs is 1. The van der Waals surface area contributed by atoms with Crippen molar-refractivity contribution in [1.82, 2.24) is 10.2 Å². The van der Waals surface area contributed by atoms with E-state index in [1.165, 1.54) is 6.42 Å². The van der Waals surface area contributed by atoms with E-state index >= 15 is 0 Å². The Morgan fingerprint density at radius 2 is 2.21 bits per heavy atom. The predicted molar refractivity (Wildman–Crippen MR) is 112 cm³/mol. The molecular weight excluding hydrogens is 394 g/mol. The normalized spacial score (nSPS) is 27.3. The molecule has 29 heavy (non-hydrogen) atoms. The number of carbonyl (C=O) groups excluding carboxylic acids is 1. The molecule has 1 amide bonds. The molecule has 8 heteroatoms. The van der Waals surface area contributed by atoms with Gasteiger partial charge >= 0.3 is 0 Å². The van der Waals surface area contributed by atoms with Gasteiger partial charge in [0.05, 0.1) is 35.1 Å². The summed E-state index contributed by atoms with van der Waals surface area (Å²) in [7, 11) is 0. The van der Waals surface area contributed by atoms with Crippen LogP contribution in [0.4, 0.5) is 5.69 Å². The number of piperidine rings is 1. The lowest BCUT2D eigenvalue weighted by atomic mass is 9.93. The first kappa shape index (κ1) is 20.7. The van der Waals surface area contributed by atoms with E-state index in [0.29, 0.717) is 48.1 Å². The van der Waals surface area contributed by atoms with E-state index in [9.17, 15) is 9.90 Å². The number of nitrogen functional groups attached to an aromatic ring is 1. The zero-order chi connectivity index (χ0) is 20.4. The number of β-amino-alcohol motifs (C(OH)–C–C–N with tert-alkyl or cyclic N) is 1. The highest BCUT2D eigenvalue weighted by atomic mass is 35.5.